The van der Waals surface area contributed by atoms with Crippen LogP contribution in [0.5, 0.6) is 11.5 Å². The second-order valence-corrected chi connectivity index (χ2v) is 3.50. The van der Waals surface area contributed by atoms with Gasteiger partial charge in [0, 0.05) is 13.0 Å². The highest BCUT2D eigenvalue weighted by Gasteiger charge is 2.39. The molecule has 1 heterocycles. The predicted molar refractivity (Wildman–Crippen MR) is 48.3 cm³/mol. The molecule has 4 nitrogen and oxygen atoms in total. The lowest BCUT2D eigenvalue weighted by molar-refractivity contribution is -0.149. The summed E-state index contributed by atoms with van der Waals surface area (Å²) in [5, 5.41) is 8.64. The van der Waals surface area contributed by atoms with E-state index in [4.69, 9.17) is 14.6 Å². The molecule has 5 heteroatoms. The Kier molecular flexibility index (Phi) is 2.03. The average molecular weight is 212 g/mol. The first-order valence-electron chi connectivity index (χ1n) is 4.38. The molecule has 0 saturated heterocycles. The number of benzene rings is 1. The quantitative estimate of drug-likeness (QED) is 0.811. The molecule has 1 aromatic rings. The number of carboxylic acids is 1. The topological polar surface area (TPSA) is 55.8 Å². The third kappa shape index (κ3) is 1.86. The van der Waals surface area contributed by atoms with E-state index in [9.17, 15) is 9.18 Å². The summed E-state index contributed by atoms with van der Waals surface area (Å²) in [7, 11) is 0. The number of rotatable bonds is 2. The van der Waals surface area contributed by atoms with E-state index in [1.165, 1.54) is 25.1 Å². The van der Waals surface area contributed by atoms with E-state index in [2.05, 4.69) is 0 Å². The van der Waals surface area contributed by atoms with E-state index in [-0.39, 0.29) is 12.2 Å². The predicted octanol–water partition coefficient (Wildman–Crippen LogP) is 1.79. The van der Waals surface area contributed by atoms with E-state index >= 15 is 0 Å². The standard InChI is InChI=1S/C10H9FO4/c1-10(5-9(12)13)14-7-3-2-6(11)4-8(7)15-10/h2-4H,5H2,1H3,(H,12,13). The van der Waals surface area contributed by atoms with Crippen LogP contribution in [0.25, 0.3) is 0 Å². The van der Waals surface area contributed by atoms with Crippen molar-refractivity contribution in [2.24, 2.45) is 0 Å². The monoisotopic (exact) mass is 212 g/mol. The van der Waals surface area contributed by atoms with Gasteiger partial charge in [0.2, 0.25) is 0 Å². The zero-order valence-electron chi connectivity index (χ0n) is 7.99. The Hall–Kier alpha value is -1.78. The third-order valence-corrected chi connectivity index (χ3v) is 2.03. The summed E-state index contributed by atoms with van der Waals surface area (Å²) in [4.78, 5) is 10.5. The molecular weight excluding hydrogens is 203 g/mol. The molecule has 1 N–H and O–H groups in total. The highest BCUT2D eigenvalue weighted by atomic mass is 19.1. The Morgan fingerprint density at radius 2 is 2.13 bits per heavy atom. The molecule has 0 aliphatic carbocycles. The van der Waals surface area contributed by atoms with Crippen molar-refractivity contribution in [3.05, 3.63) is 24.0 Å². The van der Waals surface area contributed by atoms with E-state index in [0.29, 0.717) is 5.75 Å². The lowest BCUT2D eigenvalue weighted by Gasteiger charge is -2.20. The highest BCUT2D eigenvalue weighted by molar-refractivity contribution is 5.68. The lowest BCUT2D eigenvalue weighted by atomic mass is 10.2. The molecule has 0 spiro atoms. The first-order valence-corrected chi connectivity index (χ1v) is 4.38. The molecule has 15 heavy (non-hydrogen) atoms. The van der Waals surface area contributed by atoms with Crippen LogP contribution in [0.1, 0.15) is 13.3 Å². The molecule has 0 aromatic heterocycles. The minimum Gasteiger partial charge on any atom is -0.481 e. The molecule has 0 fully saturated rings. The van der Waals surface area contributed by atoms with E-state index in [0.717, 1.165) is 0 Å². The van der Waals surface area contributed by atoms with Gasteiger partial charge in [-0.15, -0.1) is 0 Å². The molecule has 0 amide bonds. The van der Waals surface area contributed by atoms with Crippen molar-refractivity contribution in [3.8, 4) is 11.5 Å². The maximum Gasteiger partial charge on any atom is 0.311 e. The van der Waals surface area contributed by atoms with Gasteiger partial charge in [0.25, 0.3) is 5.79 Å². The molecule has 1 atom stereocenters. The largest absolute Gasteiger partial charge is 0.481 e. The second kappa shape index (κ2) is 3.12. The molecule has 0 radical (unpaired) electrons. The van der Waals surface area contributed by atoms with Gasteiger partial charge in [-0.2, -0.15) is 0 Å². The van der Waals surface area contributed by atoms with Gasteiger partial charge in [-0.1, -0.05) is 0 Å². The van der Waals surface area contributed by atoms with Crippen LogP contribution >= 0.6 is 0 Å². The Morgan fingerprint density at radius 3 is 2.80 bits per heavy atom. The molecule has 1 unspecified atom stereocenters. The maximum absolute atomic E-state index is 12.8. The Labute approximate surface area is 85.2 Å². The summed E-state index contributed by atoms with van der Waals surface area (Å²) in [5.74, 6) is -2.14. The van der Waals surface area contributed by atoms with Gasteiger partial charge in [-0.3, -0.25) is 4.79 Å². The summed E-state index contributed by atoms with van der Waals surface area (Å²) < 4.78 is 23.4. The first kappa shape index (κ1) is 9.76. The van der Waals surface area contributed by atoms with Crippen LogP contribution in [0.3, 0.4) is 0 Å². The number of halogens is 1. The number of carboxylic acid groups (broad SMARTS) is 1. The van der Waals surface area contributed by atoms with E-state index in [1.807, 2.05) is 0 Å². The molecule has 0 saturated carbocycles. The zero-order chi connectivity index (χ0) is 11.1. The van der Waals surface area contributed by atoms with Crippen molar-refractivity contribution in [2.75, 3.05) is 0 Å². The van der Waals surface area contributed by atoms with Crippen molar-refractivity contribution in [2.45, 2.75) is 19.1 Å². The van der Waals surface area contributed by atoms with Crippen LogP contribution in [0, 0.1) is 5.82 Å². The van der Waals surface area contributed by atoms with Crippen LogP contribution in [-0.4, -0.2) is 16.9 Å². The zero-order valence-corrected chi connectivity index (χ0v) is 7.99. The van der Waals surface area contributed by atoms with E-state index < -0.39 is 17.6 Å². The minimum absolute atomic E-state index is 0.235. The Bertz CT molecular complexity index is 418. The molecule has 0 bridgehead atoms. The lowest BCUT2D eigenvalue weighted by Crippen LogP contribution is -2.37. The molecule has 1 aliphatic rings. The van der Waals surface area contributed by atoms with E-state index in [1.54, 1.807) is 0 Å². The number of fused-ring (bicyclic) bond motifs is 1. The molecule has 1 aliphatic heterocycles. The molecule has 1 aromatic carbocycles. The fourth-order valence-corrected chi connectivity index (χ4v) is 1.48. The number of aliphatic carboxylic acids is 1. The summed E-state index contributed by atoms with van der Waals surface area (Å²) in [6.45, 7) is 1.50. The minimum atomic E-state index is -1.25. The van der Waals surface area contributed by atoms with Gasteiger partial charge in [0.1, 0.15) is 12.2 Å². The first-order chi connectivity index (χ1) is 6.98. The number of hydrogen-bond donors (Lipinski definition) is 1. The summed E-state index contributed by atoms with van der Waals surface area (Å²) in [6.07, 6.45) is -0.302. The third-order valence-electron chi connectivity index (χ3n) is 2.03. The van der Waals surface area contributed by atoms with Crippen LogP contribution in [0.2, 0.25) is 0 Å². The van der Waals surface area contributed by atoms with Crippen molar-refractivity contribution in [1.82, 2.24) is 0 Å². The van der Waals surface area contributed by atoms with Gasteiger partial charge in [0.15, 0.2) is 11.5 Å². The number of ether oxygens (including phenoxy) is 2. The van der Waals surface area contributed by atoms with Crippen LogP contribution < -0.4 is 9.47 Å². The Balaban J connectivity index is 2.24. The molecule has 2 rings (SSSR count). The van der Waals surface area contributed by atoms with Gasteiger partial charge < -0.3 is 14.6 Å². The number of carbonyl (C=O) groups is 1. The smallest absolute Gasteiger partial charge is 0.311 e. The van der Waals surface area contributed by atoms with Gasteiger partial charge in [-0.05, 0) is 12.1 Å². The maximum atomic E-state index is 12.8. The Morgan fingerprint density at radius 1 is 1.47 bits per heavy atom. The average Bonchev–Trinajstić information content (AvgIpc) is 2.38. The summed E-state index contributed by atoms with van der Waals surface area (Å²) in [5.41, 5.74) is 0. The van der Waals surface area contributed by atoms with Crippen molar-refractivity contribution < 1.29 is 23.8 Å². The van der Waals surface area contributed by atoms with Crippen LogP contribution in [0.15, 0.2) is 18.2 Å². The summed E-state index contributed by atoms with van der Waals surface area (Å²) in [6, 6.07) is 3.81. The fourth-order valence-electron chi connectivity index (χ4n) is 1.48. The van der Waals surface area contributed by atoms with Gasteiger partial charge in [0.05, 0.1) is 0 Å². The van der Waals surface area contributed by atoms with Crippen molar-refractivity contribution in [1.29, 1.82) is 0 Å². The molecular formula is C10H9FO4. The second-order valence-electron chi connectivity index (χ2n) is 3.50. The van der Waals surface area contributed by atoms with Crippen LogP contribution in [-0.2, 0) is 4.79 Å². The number of hydrogen-bond acceptors (Lipinski definition) is 3. The normalized spacial score (nSPS) is 22.8. The van der Waals surface area contributed by atoms with Gasteiger partial charge >= 0.3 is 5.97 Å². The van der Waals surface area contributed by atoms with Crippen molar-refractivity contribution in [3.63, 3.8) is 0 Å². The molecule has 80 valence electrons. The van der Waals surface area contributed by atoms with Crippen molar-refractivity contribution >= 4 is 5.97 Å². The van der Waals surface area contributed by atoms with Gasteiger partial charge in [-0.25, -0.2) is 4.39 Å². The SMILES string of the molecule is CC1(CC(=O)O)Oc2ccc(F)cc2O1. The fraction of sp³-hybridized carbons (Fsp3) is 0.300. The highest BCUT2D eigenvalue weighted by Crippen LogP contribution is 2.40. The van der Waals surface area contributed by atoms with Crippen LogP contribution in [0.4, 0.5) is 4.39 Å². The summed E-state index contributed by atoms with van der Waals surface area (Å²) >= 11 is 0.